The molecule has 2 bridgehead atoms. The Morgan fingerprint density at radius 2 is 0.838 bits per heavy atom. The van der Waals surface area contributed by atoms with Gasteiger partial charge in [-0.1, -0.05) is 19.9 Å². The molecule has 570 valence electrons. The van der Waals surface area contributed by atoms with E-state index in [1.807, 2.05) is 0 Å². The molecule has 0 aromatic heterocycles. The lowest BCUT2D eigenvalue weighted by molar-refractivity contribution is -0.397. The Morgan fingerprint density at radius 3 is 1.35 bits per heavy atom. The fourth-order valence-electron chi connectivity index (χ4n) is 17.9. The zero-order valence-electron chi connectivity index (χ0n) is 54.5. The van der Waals surface area contributed by atoms with Crippen molar-refractivity contribution in [2.24, 2.45) is 28.1 Å². The van der Waals surface area contributed by atoms with Gasteiger partial charge >= 0.3 is 5.97 Å². The average molecular weight is 1440 g/mol. The quantitative estimate of drug-likeness (QED) is 0.0288. The molecule has 4 saturated carbocycles. The van der Waals surface area contributed by atoms with Gasteiger partial charge < -0.3 is 179 Å². The number of esters is 1. The first-order valence-electron chi connectivity index (χ1n) is 33.8. The normalized spacial score (nSPS) is 54.1. The van der Waals surface area contributed by atoms with E-state index in [-0.39, 0.29) is 25.2 Å². The van der Waals surface area contributed by atoms with Crippen molar-refractivity contribution in [2.45, 2.75) is 292 Å². The van der Waals surface area contributed by atoms with Crippen LogP contribution < -0.4 is 0 Å². The van der Waals surface area contributed by atoms with Crippen LogP contribution in [0.3, 0.4) is 0 Å². The van der Waals surface area contributed by atoms with E-state index in [4.69, 9.17) is 66.3 Å². The van der Waals surface area contributed by atoms with Gasteiger partial charge in [-0.2, -0.15) is 0 Å². The maximum atomic E-state index is 15.6. The van der Waals surface area contributed by atoms with Gasteiger partial charge in [0.15, 0.2) is 43.8 Å². The Balaban J connectivity index is 0.850. The molecule has 0 radical (unpaired) electrons. The summed E-state index contributed by atoms with van der Waals surface area (Å²) in [6.45, 7) is 2.20. The van der Waals surface area contributed by atoms with Gasteiger partial charge in [0.05, 0.1) is 69.5 Å². The zero-order valence-corrected chi connectivity index (χ0v) is 54.5. The third-order valence-corrected chi connectivity index (χ3v) is 23.3. The summed E-state index contributed by atoms with van der Waals surface area (Å²) in [4.78, 5) is 15.6. The highest BCUT2D eigenvalue weighted by molar-refractivity contribution is 5.77. The van der Waals surface area contributed by atoms with E-state index < -0.39 is 289 Å². The standard InChI is InChI=1S/C62H100O37/c1-21-12-61-9-5-30-59(2,31(61)6-10-62(21,20-61)99-57-49(96-54-43(82)39(78)35(74)26(16-66)89-54)45(84)47(29(19-69)92-57)94-51-32(71)23(70)11-22(13-63)86-51)7-4-8-60(30,3)58(85)98-56-50(48(36(75)27(17-67)90-56)95-53-42(81)38(77)34(73)25(15-65)88-53)97-55-44(83)40(79)46(28(18-68)91-55)93-52-41(80)37(76)33(72)24(14-64)87-52/h22-57,63-84H,1,4-20H2,2-3H3/t22-,23-,24+,25+,26+,27+,28+,29+,30-,31-,32+,33+,34+,35+,36+,37-,38-,39-,40+,41+,42+,43+,44+,45-,46+,47+,48-,49+,50+,51-,52-,53-,54-,55-,56-,57-,59+,60+,61+,62-/m0/s1. The molecular weight excluding hydrogens is 1340 g/mol. The number of hydrogen-bond acceptors (Lipinski definition) is 37. The number of fused-ring (bicyclic) bond motifs is 3. The van der Waals surface area contributed by atoms with Crippen LogP contribution in [0, 0.1) is 28.1 Å². The van der Waals surface area contributed by atoms with Crippen LogP contribution in [0.15, 0.2) is 12.2 Å². The van der Waals surface area contributed by atoms with Crippen LogP contribution in [0.5, 0.6) is 0 Å². The highest BCUT2D eigenvalue weighted by Gasteiger charge is 2.70. The molecule has 22 N–H and O–H groups in total. The predicted molar refractivity (Wildman–Crippen MR) is 316 cm³/mol. The van der Waals surface area contributed by atoms with Crippen molar-refractivity contribution in [3.8, 4) is 0 Å². The minimum Gasteiger partial charge on any atom is -0.432 e. The maximum Gasteiger partial charge on any atom is 0.314 e. The Labute approximate surface area is 566 Å². The van der Waals surface area contributed by atoms with Gasteiger partial charge in [0.1, 0.15) is 146 Å². The van der Waals surface area contributed by atoms with Crippen LogP contribution in [-0.4, -0.2) is 379 Å². The molecule has 40 atom stereocenters. The molecule has 0 amide bonds. The monoisotopic (exact) mass is 1440 g/mol. The first kappa shape index (κ1) is 77.9. The summed E-state index contributed by atoms with van der Waals surface area (Å²) in [7, 11) is 0. The summed E-state index contributed by atoms with van der Waals surface area (Å²) in [6, 6.07) is 0. The molecule has 0 unspecified atom stereocenters. The van der Waals surface area contributed by atoms with E-state index in [1.54, 1.807) is 6.92 Å². The van der Waals surface area contributed by atoms with Crippen molar-refractivity contribution in [2.75, 3.05) is 46.2 Å². The maximum absolute atomic E-state index is 15.6. The molecule has 11 aliphatic rings. The minimum absolute atomic E-state index is 0.175. The van der Waals surface area contributed by atoms with Crippen LogP contribution in [0.25, 0.3) is 0 Å². The lowest BCUT2D eigenvalue weighted by atomic mass is 9.41. The number of rotatable bonds is 21. The van der Waals surface area contributed by atoms with Gasteiger partial charge in [-0.3, -0.25) is 4.79 Å². The predicted octanol–water partition coefficient (Wildman–Crippen LogP) is -10.6. The fourth-order valence-corrected chi connectivity index (χ4v) is 17.9. The molecule has 7 heterocycles. The van der Waals surface area contributed by atoms with Crippen molar-refractivity contribution in [3.05, 3.63) is 12.2 Å². The number of ether oxygens (including phenoxy) is 14. The first-order valence-corrected chi connectivity index (χ1v) is 33.8. The van der Waals surface area contributed by atoms with Gasteiger partial charge in [0.25, 0.3) is 0 Å². The van der Waals surface area contributed by atoms with Crippen molar-refractivity contribution < 1.29 is 183 Å². The van der Waals surface area contributed by atoms with Crippen molar-refractivity contribution in [1.82, 2.24) is 0 Å². The lowest BCUT2D eigenvalue weighted by Gasteiger charge is -2.64. The van der Waals surface area contributed by atoms with E-state index in [0.29, 0.717) is 50.5 Å². The fraction of sp³-hybridized carbons (Fsp3) is 0.952. The third-order valence-electron chi connectivity index (χ3n) is 23.3. The smallest absolute Gasteiger partial charge is 0.314 e. The second-order valence-corrected chi connectivity index (χ2v) is 29.1. The number of aliphatic hydroxyl groups is 22. The SMILES string of the molecule is C=C1C[C@@]23CC[C@H]4[C@@](C)(CCC[C@@]4(C)C(=O)O[C@@H]4O[C@H](CO)[C@@H](O)[C@H](O[C@@H]5O[C@H](CO)[C@@H](O)[C@H](O)[C@H]5O)[C@H]4O[C@@H]4O[C@H](CO)[C@@H](O[C@@H]5O[C@H](CO)[C@@H](O)[C@H](O)[C@H]5O)[C@H](O)[C@H]4O)[C@@H]2CC[C@]1(O[C@@H]1O[C@H](CO)[C@@H](O[C@@H]2O[C@H](CO)C[C@H](O)[C@H]2O)[C@H](O)[C@H]1O[C@@H]1O[C@H](CO)[C@@H](O)[C@H](O)[C@H]1O)C3. The Kier molecular flexibility index (Phi) is 24.4. The first-order chi connectivity index (χ1) is 46.9. The second kappa shape index (κ2) is 31.0. The van der Waals surface area contributed by atoms with Crippen molar-refractivity contribution >= 4 is 5.97 Å². The Bertz CT molecular complexity index is 2690. The molecule has 7 saturated heterocycles. The topological polar surface area (TPSA) is 591 Å². The summed E-state index contributed by atoms with van der Waals surface area (Å²) in [6.07, 6.45) is -59.3. The Morgan fingerprint density at radius 1 is 0.414 bits per heavy atom. The molecule has 37 nitrogen and oxygen atoms in total. The van der Waals surface area contributed by atoms with E-state index >= 15 is 4.79 Å². The van der Waals surface area contributed by atoms with Crippen LogP contribution in [0.4, 0.5) is 0 Å². The van der Waals surface area contributed by atoms with E-state index in [2.05, 4.69) is 13.5 Å². The number of carbonyl (C=O) groups excluding carboxylic acids is 1. The number of hydrogen-bond donors (Lipinski definition) is 22. The molecule has 0 aromatic rings. The van der Waals surface area contributed by atoms with Crippen LogP contribution in [0.1, 0.15) is 78.1 Å². The van der Waals surface area contributed by atoms with Crippen LogP contribution >= 0.6 is 0 Å². The molecule has 1 spiro atoms. The van der Waals surface area contributed by atoms with Crippen LogP contribution in [0.2, 0.25) is 0 Å². The molecule has 99 heavy (non-hydrogen) atoms. The number of aliphatic hydroxyl groups excluding tert-OH is 22. The molecular formula is C62H100O37. The second-order valence-electron chi connectivity index (χ2n) is 29.1. The zero-order chi connectivity index (χ0) is 71.9. The van der Waals surface area contributed by atoms with E-state index in [1.165, 1.54) is 0 Å². The molecule has 11 fully saturated rings. The summed E-state index contributed by atoms with van der Waals surface area (Å²) >= 11 is 0. The summed E-state index contributed by atoms with van der Waals surface area (Å²) in [5.41, 5.74) is -3.32. The molecule has 0 aromatic carbocycles. The molecule has 7 aliphatic heterocycles. The molecule has 11 rings (SSSR count). The lowest BCUT2D eigenvalue weighted by Crippen LogP contribution is -2.68. The van der Waals surface area contributed by atoms with Gasteiger partial charge in [0, 0.05) is 6.42 Å². The van der Waals surface area contributed by atoms with E-state index in [0.717, 1.165) is 0 Å². The van der Waals surface area contributed by atoms with E-state index in [9.17, 15) is 112 Å². The van der Waals surface area contributed by atoms with Crippen LogP contribution in [-0.2, 0) is 71.1 Å². The Hall–Kier alpha value is -2.19. The van der Waals surface area contributed by atoms with Crippen molar-refractivity contribution in [3.63, 3.8) is 0 Å². The average Bonchev–Trinajstić information content (AvgIpc) is 1.68. The summed E-state index contributed by atoms with van der Waals surface area (Å²) in [5, 5.41) is 238. The van der Waals surface area contributed by atoms with Gasteiger partial charge in [-0.05, 0) is 86.5 Å². The summed E-state index contributed by atoms with van der Waals surface area (Å²) in [5.74, 6) is -1.55. The largest absolute Gasteiger partial charge is 0.432 e. The van der Waals surface area contributed by atoms with Gasteiger partial charge in [-0.25, -0.2) is 0 Å². The molecule has 4 aliphatic carbocycles. The molecule has 37 heteroatoms. The minimum atomic E-state index is -2.26. The highest BCUT2D eigenvalue weighted by Crippen LogP contribution is 2.74. The third kappa shape index (κ3) is 14.2. The van der Waals surface area contributed by atoms with Gasteiger partial charge in [0.2, 0.25) is 6.29 Å². The summed E-state index contributed by atoms with van der Waals surface area (Å²) < 4.78 is 84.8. The highest BCUT2D eigenvalue weighted by atomic mass is 16.8. The van der Waals surface area contributed by atoms with Crippen molar-refractivity contribution in [1.29, 1.82) is 0 Å². The number of carbonyl (C=O) groups is 1. The van der Waals surface area contributed by atoms with Gasteiger partial charge in [-0.15, -0.1) is 0 Å².